The van der Waals surface area contributed by atoms with E-state index in [4.69, 9.17) is 16.0 Å². The van der Waals surface area contributed by atoms with Crippen LogP contribution in [0.1, 0.15) is 10.6 Å². The number of anilines is 1. The van der Waals surface area contributed by atoms with Gasteiger partial charge < -0.3 is 14.2 Å². The number of aromatic nitrogens is 3. The second-order valence-corrected chi connectivity index (χ2v) is 7.38. The lowest BCUT2D eigenvalue weighted by Crippen LogP contribution is -2.49. The van der Waals surface area contributed by atoms with Gasteiger partial charge in [0.1, 0.15) is 5.82 Å². The van der Waals surface area contributed by atoms with Crippen molar-refractivity contribution in [3.05, 3.63) is 71.8 Å². The lowest BCUT2D eigenvalue weighted by Gasteiger charge is -2.35. The molecule has 4 aromatic rings. The minimum atomic E-state index is -0.460. The van der Waals surface area contributed by atoms with Gasteiger partial charge in [-0.1, -0.05) is 11.6 Å². The largest absolute Gasteiger partial charge is 0.459 e. The molecule has 0 unspecified atom stereocenters. The van der Waals surface area contributed by atoms with Gasteiger partial charge in [-0.2, -0.15) is 0 Å². The molecule has 1 aromatic carbocycles. The van der Waals surface area contributed by atoms with Gasteiger partial charge in [0, 0.05) is 44.1 Å². The number of piperazine rings is 1. The van der Waals surface area contributed by atoms with Crippen molar-refractivity contribution >= 4 is 29.0 Å². The van der Waals surface area contributed by atoms with Crippen LogP contribution in [0, 0.1) is 5.82 Å². The van der Waals surface area contributed by atoms with E-state index in [-0.39, 0.29) is 10.9 Å². The van der Waals surface area contributed by atoms with E-state index in [9.17, 15) is 9.18 Å². The van der Waals surface area contributed by atoms with Crippen molar-refractivity contribution in [1.82, 2.24) is 19.3 Å². The second kappa shape index (κ2) is 7.46. The lowest BCUT2D eigenvalue weighted by molar-refractivity contribution is 0.0714. The molecule has 0 aliphatic carbocycles. The molecular weight excluding hydrogens is 409 g/mol. The van der Waals surface area contributed by atoms with E-state index in [1.807, 2.05) is 10.6 Å². The van der Waals surface area contributed by atoms with Crippen LogP contribution in [0.25, 0.3) is 16.9 Å². The Morgan fingerprint density at radius 3 is 2.70 bits per heavy atom. The summed E-state index contributed by atoms with van der Waals surface area (Å²) in [6.45, 7) is 2.38. The Morgan fingerprint density at radius 2 is 1.97 bits per heavy atom. The minimum Gasteiger partial charge on any atom is -0.459 e. The van der Waals surface area contributed by atoms with Crippen molar-refractivity contribution in [3.63, 3.8) is 0 Å². The molecule has 30 heavy (non-hydrogen) atoms. The molecule has 9 heteroatoms. The van der Waals surface area contributed by atoms with Crippen LogP contribution in [-0.2, 0) is 0 Å². The van der Waals surface area contributed by atoms with Gasteiger partial charge in [-0.25, -0.2) is 14.4 Å². The molecule has 152 valence electrons. The summed E-state index contributed by atoms with van der Waals surface area (Å²) in [4.78, 5) is 25.4. The summed E-state index contributed by atoms with van der Waals surface area (Å²) < 4.78 is 20.7. The summed E-state index contributed by atoms with van der Waals surface area (Å²) in [5, 5.41) is 0.0640. The molecule has 0 N–H and O–H groups in total. The molecule has 7 nitrogen and oxygen atoms in total. The van der Waals surface area contributed by atoms with Crippen molar-refractivity contribution in [2.45, 2.75) is 0 Å². The van der Waals surface area contributed by atoms with Gasteiger partial charge in [0.15, 0.2) is 17.2 Å². The second-order valence-electron chi connectivity index (χ2n) is 6.97. The Morgan fingerprint density at radius 1 is 1.13 bits per heavy atom. The maximum Gasteiger partial charge on any atom is 0.289 e. The number of hydrogen-bond acceptors (Lipinski definition) is 5. The molecule has 0 radical (unpaired) electrons. The standard InChI is InChI=1S/C21H17ClFN5O2/c22-15-12-14(3-4-16(15)23)17-13-25-20-19(24-5-6-28(17)20)26-7-9-27(10-8-26)21(29)18-2-1-11-30-18/h1-6,11-13H,7-10H2. The monoisotopic (exact) mass is 425 g/mol. The van der Waals surface area contributed by atoms with Gasteiger partial charge in [-0.3, -0.25) is 9.20 Å². The Balaban J connectivity index is 1.40. The van der Waals surface area contributed by atoms with Crippen LogP contribution in [0.4, 0.5) is 10.2 Å². The number of carbonyl (C=O) groups is 1. The maximum absolute atomic E-state index is 13.5. The minimum absolute atomic E-state index is 0.0640. The van der Waals surface area contributed by atoms with E-state index in [0.717, 1.165) is 17.1 Å². The first kappa shape index (κ1) is 18.6. The SMILES string of the molecule is O=C(c1ccco1)N1CCN(c2nccn3c(-c4ccc(F)c(Cl)c4)cnc23)CC1. The average molecular weight is 426 g/mol. The Labute approximate surface area is 176 Å². The lowest BCUT2D eigenvalue weighted by atomic mass is 10.1. The number of imidazole rings is 1. The topological polar surface area (TPSA) is 66.9 Å². The summed E-state index contributed by atoms with van der Waals surface area (Å²) in [6, 6.07) is 7.97. The smallest absolute Gasteiger partial charge is 0.289 e. The maximum atomic E-state index is 13.5. The highest BCUT2D eigenvalue weighted by Crippen LogP contribution is 2.28. The van der Waals surface area contributed by atoms with Crippen LogP contribution in [0.5, 0.6) is 0 Å². The molecule has 4 heterocycles. The van der Waals surface area contributed by atoms with Crippen molar-refractivity contribution in [1.29, 1.82) is 0 Å². The first-order valence-electron chi connectivity index (χ1n) is 9.47. The molecule has 0 saturated carbocycles. The zero-order chi connectivity index (χ0) is 20.7. The highest BCUT2D eigenvalue weighted by Gasteiger charge is 2.26. The zero-order valence-electron chi connectivity index (χ0n) is 15.8. The number of fused-ring (bicyclic) bond motifs is 1. The van der Waals surface area contributed by atoms with E-state index in [0.29, 0.717) is 37.6 Å². The number of benzene rings is 1. The van der Waals surface area contributed by atoms with Crippen molar-refractivity contribution in [2.24, 2.45) is 0 Å². The number of hydrogen-bond donors (Lipinski definition) is 0. The summed E-state index contributed by atoms with van der Waals surface area (Å²) in [5.74, 6) is 0.516. The third-order valence-corrected chi connectivity index (χ3v) is 5.51. The number of halogens is 2. The first-order valence-corrected chi connectivity index (χ1v) is 9.85. The summed E-state index contributed by atoms with van der Waals surface area (Å²) in [6.07, 6.45) is 6.74. The molecule has 5 rings (SSSR count). The van der Waals surface area contributed by atoms with Crippen LogP contribution in [0.15, 0.2) is 59.6 Å². The van der Waals surface area contributed by atoms with Crippen LogP contribution in [0.3, 0.4) is 0 Å². The predicted molar refractivity (Wildman–Crippen MR) is 110 cm³/mol. The molecule has 1 amide bonds. The van der Waals surface area contributed by atoms with Gasteiger partial charge in [0.2, 0.25) is 0 Å². The third kappa shape index (κ3) is 3.19. The summed E-state index contributed by atoms with van der Waals surface area (Å²) in [7, 11) is 0. The predicted octanol–water partition coefficient (Wildman–Crippen LogP) is 3.74. The van der Waals surface area contributed by atoms with E-state index in [1.54, 1.807) is 41.6 Å². The fourth-order valence-corrected chi connectivity index (χ4v) is 3.86. The zero-order valence-corrected chi connectivity index (χ0v) is 16.6. The first-order chi connectivity index (χ1) is 14.6. The normalized spacial score (nSPS) is 14.5. The van der Waals surface area contributed by atoms with Gasteiger partial charge in [0.25, 0.3) is 5.91 Å². The number of furan rings is 1. The number of rotatable bonds is 3. The van der Waals surface area contributed by atoms with Crippen molar-refractivity contribution < 1.29 is 13.6 Å². The van der Waals surface area contributed by atoms with Gasteiger partial charge in [-0.15, -0.1) is 0 Å². The van der Waals surface area contributed by atoms with Crippen LogP contribution >= 0.6 is 11.6 Å². The molecule has 1 aliphatic heterocycles. The Kier molecular flexibility index (Phi) is 4.63. The molecule has 1 saturated heterocycles. The van der Waals surface area contributed by atoms with E-state index in [2.05, 4.69) is 14.9 Å². The molecule has 0 spiro atoms. The highest BCUT2D eigenvalue weighted by atomic mass is 35.5. The molecule has 0 atom stereocenters. The third-order valence-electron chi connectivity index (χ3n) is 5.22. The molecule has 3 aromatic heterocycles. The fraction of sp³-hybridized carbons (Fsp3) is 0.190. The fourth-order valence-electron chi connectivity index (χ4n) is 3.68. The van der Waals surface area contributed by atoms with Crippen LogP contribution in [0.2, 0.25) is 5.02 Å². The van der Waals surface area contributed by atoms with Crippen LogP contribution in [-0.4, -0.2) is 51.4 Å². The summed E-state index contributed by atoms with van der Waals surface area (Å²) in [5.41, 5.74) is 2.25. The number of nitrogens with zero attached hydrogens (tertiary/aromatic N) is 5. The highest BCUT2D eigenvalue weighted by molar-refractivity contribution is 6.31. The van der Waals surface area contributed by atoms with Crippen molar-refractivity contribution in [2.75, 3.05) is 31.1 Å². The molecule has 1 aliphatic rings. The molecule has 1 fully saturated rings. The van der Waals surface area contributed by atoms with Crippen molar-refractivity contribution in [3.8, 4) is 11.3 Å². The van der Waals surface area contributed by atoms with Gasteiger partial charge in [0.05, 0.1) is 23.2 Å². The van der Waals surface area contributed by atoms with Gasteiger partial charge >= 0.3 is 0 Å². The molecular formula is C21H17ClFN5O2. The summed E-state index contributed by atoms with van der Waals surface area (Å²) >= 11 is 5.95. The number of amides is 1. The number of carbonyl (C=O) groups excluding carboxylic acids is 1. The van der Waals surface area contributed by atoms with E-state index < -0.39 is 5.82 Å². The molecule has 0 bridgehead atoms. The quantitative estimate of drug-likeness (QED) is 0.500. The van der Waals surface area contributed by atoms with Crippen LogP contribution < -0.4 is 4.90 Å². The average Bonchev–Trinajstić information content (AvgIpc) is 3.45. The Bertz CT molecular complexity index is 1220. The van der Waals surface area contributed by atoms with E-state index >= 15 is 0 Å². The van der Waals surface area contributed by atoms with E-state index in [1.165, 1.54) is 12.3 Å². The Hall–Kier alpha value is -3.39. The van der Waals surface area contributed by atoms with Gasteiger partial charge in [-0.05, 0) is 30.3 Å².